The maximum Gasteiger partial charge on any atom is 0.470 e. The number of hydrogen-bond acceptors (Lipinski definition) is 5. The molecule has 0 unspecified atom stereocenters. The van der Waals surface area contributed by atoms with Gasteiger partial charge in [0.25, 0.3) is 11.8 Å². The molecule has 0 radical (unpaired) electrons. The maximum atomic E-state index is 12.7. The number of halogens is 4. The molecule has 0 aliphatic carbocycles. The first-order valence-corrected chi connectivity index (χ1v) is 8.25. The molecule has 3 aromatic rings. The predicted octanol–water partition coefficient (Wildman–Crippen LogP) is 4.52. The van der Waals surface area contributed by atoms with E-state index in [-0.39, 0.29) is 33.3 Å². The molecule has 1 aliphatic rings. The predicted molar refractivity (Wildman–Crippen MR) is 92.1 cm³/mol. The first kappa shape index (κ1) is 18.2. The standard InChI is InChI=1S/C18H9ClF3N3O3/c1-8-7-9(14-23-24-17(28-14)18(20,21)22)5-6-12(8)25-15(26)10-3-2-4-11(19)13(10)16(25)27/h2-7H,1H3. The second-order valence-corrected chi connectivity index (χ2v) is 6.43. The number of hydrogen-bond donors (Lipinski definition) is 0. The van der Waals surface area contributed by atoms with Crippen LogP contribution in [-0.4, -0.2) is 22.0 Å². The van der Waals surface area contributed by atoms with E-state index in [9.17, 15) is 22.8 Å². The van der Waals surface area contributed by atoms with Crippen molar-refractivity contribution >= 4 is 29.1 Å². The molecule has 1 aromatic heterocycles. The van der Waals surface area contributed by atoms with E-state index in [4.69, 9.17) is 11.6 Å². The molecule has 0 fully saturated rings. The summed E-state index contributed by atoms with van der Waals surface area (Å²) >= 11 is 6.05. The van der Waals surface area contributed by atoms with Gasteiger partial charge in [-0.15, -0.1) is 10.2 Å². The highest BCUT2D eigenvalue weighted by molar-refractivity contribution is 6.42. The lowest BCUT2D eigenvalue weighted by molar-refractivity contribution is -0.156. The number of rotatable bonds is 2. The smallest absolute Gasteiger partial charge is 0.413 e. The van der Waals surface area contributed by atoms with Gasteiger partial charge in [0, 0.05) is 5.56 Å². The van der Waals surface area contributed by atoms with Gasteiger partial charge in [0.1, 0.15) is 0 Å². The van der Waals surface area contributed by atoms with Gasteiger partial charge in [-0.2, -0.15) is 13.2 Å². The summed E-state index contributed by atoms with van der Waals surface area (Å²) in [5.74, 6) is -2.89. The number of imide groups is 1. The monoisotopic (exact) mass is 407 g/mol. The molecule has 0 N–H and O–H groups in total. The zero-order valence-electron chi connectivity index (χ0n) is 14.0. The van der Waals surface area contributed by atoms with Crippen LogP contribution in [0, 0.1) is 6.92 Å². The number of fused-ring (bicyclic) bond motifs is 1. The molecule has 0 saturated heterocycles. The summed E-state index contributed by atoms with van der Waals surface area (Å²) in [7, 11) is 0. The molecule has 10 heteroatoms. The maximum absolute atomic E-state index is 12.7. The second-order valence-electron chi connectivity index (χ2n) is 6.02. The fraction of sp³-hybridized carbons (Fsp3) is 0.111. The van der Waals surface area contributed by atoms with Gasteiger partial charge in [-0.3, -0.25) is 9.59 Å². The SMILES string of the molecule is Cc1cc(-c2nnc(C(F)(F)F)o2)ccc1N1C(=O)c2cccc(Cl)c2C1=O. The van der Waals surface area contributed by atoms with Crippen LogP contribution in [0.5, 0.6) is 0 Å². The van der Waals surface area contributed by atoms with E-state index in [0.29, 0.717) is 5.56 Å². The molecular formula is C18H9ClF3N3O3. The summed E-state index contributed by atoms with van der Waals surface area (Å²) in [6.45, 7) is 1.60. The third-order valence-corrected chi connectivity index (χ3v) is 4.53. The van der Waals surface area contributed by atoms with E-state index in [1.165, 1.54) is 30.3 Å². The average molecular weight is 408 g/mol. The molecule has 0 saturated carbocycles. The van der Waals surface area contributed by atoms with E-state index >= 15 is 0 Å². The molecule has 6 nitrogen and oxygen atoms in total. The van der Waals surface area contributed by atoms with Crippen LogP contribution in [0.2, 0.25) is 5.02 Å². The Hall–Kier alpha value is -3.20. The van der Waals surface area contributed by atoms with E-state index in [0.717, 1.165) is 4.90 Å². The fourth-order valence-electron chi connectivity index (χ4n) is 2.96. The van der Waals surface area contributed by atoms with Crippen LogP contribution in [0.3, 0.4) is 0 Å². The van der Waals surface area contributed by atoms with Gasteiger partial charge in [0.05, 0.1) is 21.8 Å². The zero-order valence-corrected chi connectivity index (χ0v) is 14.8. The Kier molecular flexibility index (Phi) is 4.00. The van der Waals surface area contributed by atoms with Crippen molar-refractivity contribution in [1.82, 2.24) is 10.2 Å². The Balaban J connectivity index is 1.72. The zero-order chi connectivity index (χ0) is 20.2. The molecule has 142 valence electrons. The molecule has 0 bridgehead atoms. The minimum atomic E-state index is -4.75. The van der Waals surface area contributed by atoms with Crippen LogP contribution in [-0.2, 0) is 6.18 Å². The Bertz CT molecular complexity index is 1140. The average Bonchev–Trinajstić information content (AvgIpc) is 3.21. The first-order chi connectivity index (χ1) is 13.2. The molecule has 1 aliphatic heterocycles. The van der Waals surface area contributed by atoms with Gasteiger partial charge in [-0.1, -0.05) is 17.7 Å². The summed E-state index contributed by atoms with van der Waals surface area (Å²) in [5.41, 5.74) is 1.26. The summed E-state index contributed by atoms with van der Waals surface area (Å²) < 4.78 is 42.5. The molecule has 2 amide bonds. The number of aromatic nitrogens is 2. The number of amides is 2. The molecule has 0 spiro atoms. The van der Waals surface area contributed by atoms with Crippen molar-refractivity contribution in [2.24, 2.45) is 0 Å². The van der Waals surface area contributed by atoms with Gasteiger partial charge in [-0.25, -0.2) is 4.90 Å². The highest BCUT2D eigenvalue weighted by atomic mass is 35.5. The van der Waals surface area contributed by atoms with Gasteiger partial charge in [0.15, 0.2) is 0 Å². The van der Waals surface area contributed by atoms with E-state index in [2.05, 4.69) is 14.6 Å². The number of benzene rings is 2. The van der Waals surface area contributed by atoms with Crippen molar-refractivity contribution in [3.8, 4) is 11.5 Å². The van der Waals surface area contributed by atoms with E-state index < -0.39 is 23.9 Å². The van der Waals surface area contributed by atoms with Crippen molar-refractivity contribution in [3.05, 3.63) is 64.0 Å². The Morgan fingerprint density at radius 2 is 1.82 bits per heavy atom. The molecular weight excluding hydrogens is 399 g/mol. The van der Waals surface area contributed by atoms with Crippen LogP contribution < -0.4 is 4.90 Å². The Morgan fingerprint density at radius 1 is 1.07 bits per heavy atom. The minimum Gasteiger partial charge on any atom is -0.413 e. The van der Waals surface area contributed by atoms with E-state index in [1.807, 2.05) is 0 Å². The number of anilines is 1. The number of carbonyl (C=O) groups excluding carboxylic acids is 2. The van der Waals surface area contributed by atoms with Crippen LogP contribution in [0.4, 0.5) is 18.9 Å². The summed E-state index contributed by atoms with van der Waals surface area (Å²) in [6, 6.07) is 8.85. The lowest BCUT2D eigenvalue weighted by atomic mass is 10.1. The van der Waals surface area contributed by atoms with Crippen LogP contribution >= 0.6 is 11.6 Å². The third-order valence-electron chi connectivity index (χ3n) is 4.22. The number of alkyl halides is 3. The Labute approximate surface area is 160 Å². The lowest BCUT2D eigenvalue weighted by Crippen LogP contribution is -2.30. The van der Waals surface area contributed by atoms with Crippen molar-refractivity contribution in [1.29, 1.82) is 0 Å². The molecule has 4 rings (SSSR count). The number of carbonyl (C=O) groups is 2. The largest absolute Gasteiger partial charge is 0.470 e. The summed E-state index contributed by atoms with van der Waals surface area (Å²) in [6.07, 6.45) is -4.75. The highest BCUT2D eigenvalue weighted by Gasteiger charge is 2.40. The normalized spacial score (nSPS) is 14.0. The van der Waals surface area contributed by atoms with Crippen LogP contribution in [0.1, 0.15) is 32.2 Å². The molecule has 28 heavy (non-hydrogen) atoms. The summed E-state index contributed by atoms with van der Waals surface area (Å²) in [4.78, 5) is 26.3. The van der Waals surface area contributed by atoms with Gasteiger partial charge in [-0.05, 0) is 42.8 Å². The van der Waals surface area contributed by atoms with Crippen LogP contribution in [0.25, 0.3) is 11.5 Å². The van der Waals surface area contributed by atoms with Gasteiger partial charge in [0.2, 0.25) is 5.89 Å². The van der Waals surface area contributed by atoms with Gasteiger partial charge < -0.3 is 4.42 Å². The second kappa shape index (κ2) is 6.16. The minimum absolute atomic E-state index is 0.115. The number of nitrogens with zero attached hydrogens (tertiary/aromatic N) is 3. The quantitative estimate of drug-likeness (QED) is 0.584. The number of aryl methyl sites for hydroxylation is 1. The van der Waals surface area contributed by atoms with Crippen molar-refractivity contribution in [3.63, 3.8) is 0 Å². The topological polar surface area (TPSA) is 76.3 Å². The molecule has 2 heterocycles. The fourth-order valence-corrected chi connectivity index (χ4v) is 3.21. The first-order valence-electron chi connectivity index (χ1n) is 7.87. The van der Waals surface area contributed by atoms with Crippen LogP contribution in [0.15, 0.2) is 40.8 Å². The van der Waals surface area contributed by atoms with Crippen molar-refractivity contribution in [2.75, 3.05) is 4.90 Å². The van der Waals surface area contributed by atoms with E-state index in [1.54, 1.807) is 13.0 Å². The molecule has 2 aromatic carbocycles. The van der Waals surface area contributed by atoms with Gasteiger partial charge >= 0.3 is 12.1 Å². The lowest BCUT2D eigenvalue weighted by Gasteiger charge is -2.17. The Morgan fingerprint density at radius 3 is 2.43 bits per heavy atom. The molecule has 0 atom stereocenters. The third kappa shape index (κ3) is 2.75. The van der Waals surface area contributed by atoms with Crippen molar-refractivity contribution in [2.45, 2.75) is 13.1 Å². The highest BCUT2D eigenvalue weighted by Crippen LogP contribution is 2.36. The van der Waals surface area contributed by atoms with Crippen molar-refractivity contribution < 1.29 is 27.2 Å². The summed E-state index contributed by atoms with van der Waals surface area (Å²) in [5, 5.41) is 6.54.